The number of aromatic nitrogens is 1. The molecule has 0 aliphatic carbocycles. The van der Waals surface area contributed by atoms with Gasteiger partial charge in [0.15, 0.2) is 0 Å². The third-order valence-electron chi connectivity index (χ3n) is 5.14. The molecule has 4 rings (SSSR count). The number of halogens is 1. The maximum atomic E-state index is 5.52. The van der Waals surface area contributed by atoms with E-state index in [4.69, 9.17) is 9.72 Å². The second kappa shape index (κ2) is 7.70. The van der Waals surface area contributed by atoms with Gasteiger partial charge in [-0.2, -0.15) is 0 Å². The molecule has 24 heavy (non-hydrogen) atoms. The highest BCUT2D eigenvalue weighted by Gasteiger charge is 2.20. The number of hydrogen-bond donors (Lipinski definition) is 0. The Bertz CT molecular complexity index is 679. The number of morpholine rings is 1. The van der Waals surface area contributed by atoms with Crippen LogP contribution < -0.4 is 9.80 Å². The fraction of sp³-hybridized carbons (Fsp3) is 0.526. The van der Waals surface area contributed by atoms with Crippen molar-refractivity contribution >= 4 is 39.4 Å². The van der Waals surface area contributed by atoms with Crippen LogP contribution in [0.3, 0.4) is 0 Å². The van der Waals surface area contributed by atoms with Gasteiger partial charge in [0.25, 0.3) is 0 Å². The number of fused-ring (bicyclic) bond motifs is 1. The van der Waals surface area contributed by atoms with Crippen LogP contribution in [0, 0.1) is 5.92 Å². The molecule has 130 valence electrons. The van der Waals surface area contributed by atoms with Gasteiger partial charge in [-0.15, -0.1) is 17.0 Å². The molecular formula is C19H26BrN3O. The van der Waals surface area contributed by atoms with Crippen LogP contribution in [0.4, 0.5) is 11.5 Å². The van der Waals surface area contributed by atoms with E-state index in [1.54, 1.807) is 0 Å². The van der Waals surface area contributed by atoms with Crippen LogP contribution in [-0.4, -0.2) is 44.4 Å². The first-order valence-electron chi connectivity index (χ1n) is 8.79. The van der Waals surface area contributed by atoms with E-state index in [9.17, 15) is 0 Å². The molecular weight excluding hydrogens is 366 g/mol. The minimum absolute atomic E-state index is 0. The van der Waals surface area contributed by atoms with E-state index in [1.165, 1.54) is 23.9 Å². The molecule has 2 aliphatic heterocycles. The van der Waals surface area contributed by atoms with Gasteiger partial charge in [-0.25, -0.2) is 4.98 Å². The molecule has 0 unspecified atom stereocenters. The summed E-state index contributed by atoms with van der Waals surface area (Å²) in [4.78, 5) is 9.85. The summed E-state index contributed by atoms with van der Waals surface area (Å²) < 4.78 is 5.52. The maximum Gasteiger partial charge on any atom is 0.131 e. The summed E-state index contributed by atoms with van der Waals surface area (Å²) in [6.07, 6.45) is 2.53. The highest BCUT2D eigenvalue weighted by Crippen LogP contribution is 2.32. The molecule has 5 heteroatoms. The van der Waals surface area contributed by atoms with Gasteiger partial charge in [-0.05, 0) is 24.8 Å². The molecule has 0 atom stereocenters. The average Bonchev–Trinajstić information content (AvgIpc) is 2.62. The molecule has 2 saturated heterocycles. The molecule has 0 bridgehead atoms. The van der Waals surface area contributed by atoms with E-state index in [1.807, 2.05) is 0 Å². The van der Waals surface area contributed by atoms with E-state index in [0.717, 1.165) is 56.6 Å². The second-order valence-corrected chi connectivity index (χ2v) is 6.79. The van der Waals surface area contributed by atoms with E-state index in [0.29, 0.717) is 0 Å². The highest BCUT2D eigenvalue weighted by atomic mass is 79.9. The Labute approximate surface area is 154 Å². The second-order valence-electron chi connectivity index (χ2n) is 6.79. The molecule has 0 N–H and O–H groups in total. The summed E-state index contributed by atoms with van der Waals surface area (Å²) in [6.45, 7) is 8.14. The highest BCUT2D eigenvalue weighted by molar-refractivity contribution is 8.93. The van der Waals surface area contributed by atoms with Gasteiger partial charge in [-0.1, -0.05) is 25.1 Å². The largest absolute Gasteiger partial charge is 0.378 e. The summed E-state index contributed by atoms with van der Waals surface area (Å²) >= 11 is 0. The number of rotatable bonds is 2. The zero-order valence-corrected chi connectivity index (χ0v) is 16.0. The fourth-order valence-corrected chi connectivity index (χ4v) is 3.61. The third kappa shape index (κ3) is 3.52. The van der Waals surface area contributed by atoms with Gasteiger partial charge in [-0.3, -0.25) is 0 Å². The Balaban J connectivity index is 0.00000169. The molecule has 0 saturated carbocycles. The number of piperidine rings is 1. The molecule has 2 fully saturated rings. The van der Waals surface area contributed by atoms with Crippen molar-refractivity contribution in [3.63, 3.8) is 0 Å². The van der Waals surface area contributed by atoms with Crippen molar-refractivity contribution in [2.75, 3.05) is 49.2 Å². The molecule has 1 aromatic heterocycles. The maximum absolute atomic E-state index is 5.52. The summed E-state index contributed by atoms with van der Waals surface area (Å²) in [5.74, 6) is 1.97. The molecule has 1 aromatic carbocycles. The normalized spacial score (nSPS) is 19.4. The lowest BCUT2D eigenvalue weighted by atomic mass is 9.99. The van der Waals surface area contributed by atoms with Crippen LogP contribution in [0.2, 0.25) is 0 Å². The summed E-state index contributed by atoms with van der Waals surface area (Å²) in [5.41, 5.74) is 2.41. The van der Waals surface area contributed by atoms with Gasteiger partial charge in [0, 0.05) is 43.3 Å². The smallest absolute Gasteiger partial charge is 0.131 e. The Morgan fingerprint density at radius 3 is 2.46 bits per heavy atom. The van der Waals surface area contributed by atoms with Crippen molar-refractivity contribution in [2.45, 2.75) is 19.8 Å². The lowest BCUT2D eigenvalue weighted by Gasteiger charge is -2.34. The predicted molar refractivity (Wildman–Crippen MR) is 106 cm³/mol. The monoisotopic (exact) mass is 391 g/mol. The fourth-order valence-electron chi connectivity index (χ4n) is 3.61. The van der Waals surface area contributed by atoms with Crippen LogP contribution in [0.25, 0.3) is 10.9 Å². The van der Waals surface area contributed by atoms with Crippen molar-refractivity contribution in [2.24, 2.45) is 5.92 Å². The van der Waals surface area contributed by atoms with Gasteiger partial charge in [0.1, 0.15) is 5.82 Å². The minimum Gasteiger partial charge on any atom is -0.378 e. The Kier molecular flexibility index (Phi) is 5.61. The van der Waals surface area contributed by atoms with Crippen molar-refractivity contribution in [3.8, 4) is 0 Å². The topological polar surface area (TPSA) is 28.6 Å². The summed E-state index contributed by atoms with van der Waals surface area (Å²) in [7, 11) is 0. The van der Waals surface area contributed by atoms with E-state index < -0.39 is 0 Å². The van der Waals surface area contributed by atoms with Gasteiger partial charge >= 0.3 is 0 Å². The molecule has 3 heterocycles. The van der Waals surface area contributed by atoms with Gasteiger partial charge < -0.3 is 14.5 Å². The number of nitrogens with zero attached hydrogens (tertiary/aromatic N) is 3. The van der Waals surface area contributed by atoms with E-state index in [2.05, 4.69) is 47.1 Å². The molecule has 4 nitrogen and oxygen atoms in total. The number of pyridine rings is 1. The van der Waals surface area contributed by atoms with Crippen molar-refractivity contribution < 1.29 is 4.74 Å². The van der Waals surface area contributed by atoms with E-state index in [-0.39, 0.29) is 17.0 Å². The molecule has 0 radical (unpaired) electrons. The predicted octanol–water partition coefficient (Wildman–Crippen LogP) is 3.89. The summed E-state index contributed by atoms with van der Waals surface area (Å²) in [6, 6.07) is 10.8. The number of ether oxygens (including phenoxy) is 1. The molecule has 2 aliphatic rings. The first-order chi connectivity index (χ1) is 11.3. The first kappa shape index (κ1) is 17.5. The quantitative estimate of drug-likeness (QED) is 0.776. The number of anilines is 2. The number of benzene rings is 1. The zero-order valence-electron chi connectivity index (χ0n) is 14.3. The third-order valence-corrected chi connectivity index (χ3v) is 5.14. The minimum atomic E-state index is 0. The lowest BCUT2D eigenvalue weighted by molar-refractivity contribution is 0.123. The Hall–Kier alpha value is -1.33. The number of para-hydroxylation sites is 1. The van der Waals surface area contributed by atoms with Crippen LogP contribution in [-0.2, 0) is 4.74 Å². The van der Waals surface area contributed by atoms with Crippen molar-refractivity contribution in [3.05, 3.63) is 30.3 Å². The SMILES string of the molecule is Br.CC1CCN(c2cc(N3CCOCC3)c3ccccc3n2)CC1. The Morgan fingerprint density at radius 1 is 1.00 bits per heavy atom. The van der Waals surface area contributed by atoms with E-state index >= 15 is 0 Å². The molecule has 0 amide bonds. The van der Waals surface area contributed by atoms with Crippen LogP contribution in [0.1, 0.15) is 19.8 Å². The first-order valence-corrected chi connectivity index (χ1v) is 8.79. The Morgan fingerprint density at radius 2 is 1.71 bits per heavy atom. The average molecular weight is 392 g/mol. The molecule has 2 aromatic rings. The van der Waals surface area contributed by atoms with Crippen LogP contribution in [0.15, 0.2) is 30.3 Å². The van der Waals surface area contributed by atoms with Gasteiger partial charge in [0.2, 0.25) is 0 Å². The number of hydrogen-bond acceptors (Lipinski definition) is 4. The molecule has 0 spiro atoms. The zero-order chi connectivity index (χ0) is 15.6. The standard InChI is InChI=1S/C19H25N3O.BrH/c1-15-6-8-22(9-7-15)19-14-18(21-10-12-23-13-11-21)16-4-2-3-5-17(16)20-19;/h2-5,14-15H,6-13H2,1H3;1H. The van der Waals surface area contributed by atoms with Crippen LogP contribution in [0.5, 0.6) is 0 Å². The lowest BCUT2D eigenvalue weighted by Crippen LogP contribution is -2.37. The van der Waals surface area contributed by atoms with Crippen LogP contribution >= 0.6 is 17.0 Å². The van der Waals surface area contributed by atoms with Gasteiger partial charge in [0.05, 0.1) is 18.7 Å². The van der Waals surface area contributed by atoms with Crippen molar-refractivity contribution in [1.29, 1.82) is 0 Å². The van der Waals surface area contributed by atoms with Crippen molar-refractivity contribution in [1.82, 2.24) is 4.98 Å². The summed E-state index contributed by atoms with van der Waals surface area (Å²) in [5, 5.41) is 1.25.